The fraction of sp³-hybridized carbons (Fsp3) is 1.00. The van der Waals surface area contributed by atoms with Crippen molar-refractivity contribution in [2.75, 3.05) is 33.4 Å². The Labute approximate surface area is 93.3 Å². The first kappa shape index (κ1) is 14.8. The molecule has 0 aliphatic heterocycles. The number of nitrogens with one attached hydrogen (secondary N) is 1. The summed E-state index contributed by atoms with van der Waals surface area (Å²) in [5.74, 6) is 0. The molecule has 0 radical (unpaired) electrons. The summed E-state index contributed by atoms with van der Waals surface area (Å²) in [6, 6.07) is 0. The largest absolute Gasteiger partial charge is 0.377 e. The van der Waals surface area contributed by atoms with Crippen LogP contribution in [0.2, 0.25) is 0 Å². The van der Waals surface area contributed by atoms with Gasteiger partial charge in [0.25, 0.3) is 0 Å². The van der Waals surface area contributed by atoms with Gasteiger partial charge in [0.15, 0.2) is 6.29 Å². The zero-order valence-corrected chi connectivity index (χ0v) is 10.4. The van der Waals surface area contributed by atoms with Crippen molar-refractivity contribution in [1.29, 1.82) is 0 Å². The number of hydrogen-bond donors (Lipinski definition) is 1. The van der Waals surface area contributed by atoms with Crippen LogP contribution in [0.5, 0.6) is 0 Å². The molecule has 92 valence electrons. The highest BCUT2D eigenvalue weighted by atomic mass is 16.7. The van der Waals surface area contributed by atoms with E-state index in [1.54, 1.807) is 0 Å². The van der Waals surface area contributed by atoms with E-state index in [4.69, 9.17) is 14.2 Å². The molecule has 0 bridgehead atoms. The topological polar surface area (TPSA) is 39.7 Å². The Kier molecular flexibility index (Phi) is 10.3. The molecule has 0 saturated heterocycles. The Morgan fingerprint density at radius 1 is 1.07 bits per heavy atom. The molecule has 0 heterocycles. The van der Waals surface area contributed by atoms with E-state index in [2.05, 4.69) is 5.32 Å². The van der Waals surface area contributed by atoms with Gasteiger partial charge in [-0.15, -0.1) is 0 Å². The lowest BCUT2D eigenvalue weighted by Crippen LogP contribution is -2.26. The minimum Gasteiger partial charge on any atom is -0.377 e. The third-order valence-electron chi connectivity index (χ3n) is 1.95. The summed E-state index contributed by atoms with van der Waals surface area (Å²) in [6.07, 6.45) is 0.899. The maximum absolute atomic E-state index is 5.58. The molecular formula is C11H25NO3. The van der Waals surface area contributed by atoms with Crippen LogP contribution >= 0.6 is 0 Å². The molecule has 4 nitrogen and oxygen atoms in total. The van der Waals surface area contributed by atoms with E-state index in [1.807, 2.05) is 27.8 Å². The standard InChI is InChI=1S/C11H25NO3/c1-5-13-11(14-6-2)7-8-15-10(3)9-12-4/h10-12H,5-9H2,1-4H3. The summed E-state index contributed by atoms with van der Waals surface area (Å²) in [5, 5.41) is 3.07. The molecule has 0 aromatic carbocycles. The number of hydrogen-bond acceptors (Lipinski definition) is 4. The molecule has 0 spiro atoms. The lowest BCUT2D eigenvalue weighted by Gasteiger charge is -2.18. The second-order valence-corrected chi connectivity index (χ2v) is 3.37. The molecule has 0 aliphatic rings. The van der Waals surface area contributed by atoms with Gasteiger partial charge in [0.2, 0.25) is 0 Å². The zero-order valence-electron chi connectivity index (χ0n) is 10.4. The van der Waals surface area contributed by atoms with Crippen LogP contribution in [0.3, 0.4) is 0 Å². The van der Waals surface area contributed by atoms with Gasteiger partial charge in [0.05, 0.1) is 12.7 Å². The smallest absolute Gasteiger partial charge is 0.159 e. The van der Waals surface area contributed by atoms with Gasteiger partial charge in [-0.2, -0.15) is 0 Å². The summed E-state index contributed by atoms with van der Waals surface area (Å²) in [7, 11) is 1.92. The summed E-state index contributed by atoms with van der Waals surface area (Å²) in [4.78, 5) is 0. The highest BCUT2D eigenvalue weighted by molar-refractivity contribution is 4.52. The fourth-order valence-electron chi connectivity index (χ4n) is 1.30. The van der Waals surface area contributed by atoms with Gasteiger partial charge in [0, 0.05) is 26.2 Å². The van der Waals surface area contributed by atoms with Crippen molar-refractivity contribution in [1.82, 2.24) is 5.32 Å². The summed E-state index contributed by atoms with van der Waals surface area (Å²) < 4.78 is 16.4. The van der Waals surface area contributed by atoms with Gasteiger partial charge >= 0.3 is 0 Å². The van der Waals surface area contributed by atoms with Crippen LogP contribution in [0.15, 0.2) is 0 Å². The van der Waals surface area contributed by atoms with Crippen molar-refractivity contribution in [3.8, 4) is 0 Å². The highest BCUT2D eigenvalue weighted by Gasteiger charge is 2.08. The number of likely N-dealkylation sites (N-methyl/N-ethyl adjacent to an activating group) is 1. The Morgan fingerprint density at radius 2 is 1.67 bits per heavy atom. The van der Waals surface area contributed by atoms with E-state index in [0.717, 1.165) is 13.0 Å². The average molecular weight is 219 g/mol. The normalized spacial score (nSPS) is 13.4. The summed E-state index contributed by atoms with van der Waals surface area (Å²) >= 11 is 0. The van der Waals surface area contributed by atoms with Gasteiger partial charge in [-0.1, -0.05) is 0 Å². The third-order valence-corrected chi connectivity index (χ3v) is 1.95. The maximum Gasteiger partial charge on any atom is 0.159 e. The van der Waals surface area contributed by atoms with E-state index >= 15 is 0 Å². The van der Waals surface area contributed by atoms with Crippen LogP contribution in [-0.2, 0) is 14.2 Å². The first-order chi connectivity index (χ1) is 7.24. The Balaban J connectivity index is 3.51. The molecule has 0 amide bonds. The SMILES string of the molecule is CCOC(CCOC(C)CNC)OCC. The van der Waals surface area contributed by atoms with Crippen molar-refractivity contribution >= 4 is 0 Å². The van der Waals surface area contributed by atoms with Crippen molar-refractivity contribution in [3.63, 3.8) is 0 Å². The summed E-state index contributed by atoms with van der Waals surface area (Å²) in [6.45, 7) is 8.88. The first-order valence-electron chi connectivity index (χ1n) is 5.73. The third kappa shape index (κ3) is 8.81. The van der Waals surface area contributed by atoms with Gasteiger partial charge in [-0.3, -0.25) is 0 Å². The molecule has 0 aromatic rings. The van der Waals surface area contributed by atoms with Crippen LogP contribution < -0.4 is 5.32 Å². The van der Waals surface area contributed by atoms with Crippen LogP contribution in [0.1, 0.15) is 27.2 Å². The van der Waals surface area contributed by atoms with E-state index in [-0.39, 0.29) is 12.4 Å². The second kappa shape index (κ2) is 10.4. The average Bonchev–Trinajstić information content (AvgIpc) is 2.19. The molecule has 0 rings (SSSR count). The molecule has 1 atom stereocenters. The zero-order chi connectivity index (χ0) is 11.5. The van der Waals surface area contributed by atoms with Gasteiger partial charge in [0.1, 0.15) is 0 Å². The molecule has 0 aliphatic carbocycles. The van der Waals surface area contributed by atoms with Crippen molar-refractivity contribution < 1.29 is 14.2 Å². The molecule has 4 heteroatoms. The lowest BCUT2D eigenvalue weighted by molar-refractivity contribution is -0.148. The van der Waals surface area contributed by atoms with E-state index in [9.17, 15) is 0 Å². The second-order valence-electron chi connectivity index (χ2n) is 3.37. The van der Waals surface area contributed by atoms with Gasteiger partial charge in [-0.25, -0.2) is 0 Å². The predicted molar refractivity (Wildman–Crippen MR) is 61.0 cm³/mol. The first-order valence-corrected chi connectivity index (χ1v) is 5.73. The molecule has 1 N–H and O–H groups in total. The van der Waals surface area contributed by atoms with Gasteiger partial charge in [-0.05, 0) is 27.8 Å². The quantitative estimate of drug-likeness (QED) is 0.564. The van der Waals surface area contributed by atoms with Crippen molar-refractivity contribution in [3.05, 3.63) is 0 Å². The van der Waals surface area contributed by atoms with Crippen molar-refractivity contribution in [2.45, 2.75) is 39.6 Å². The van der Waals surface area contributed by atoms with Crippen LogP contribution in [0.4, 0.5) is 0 Å². The molecule has 0 aromatic heterocycles. The fourth-order valence-corrected chi connectivity index (χ4v) is 1.30. The highest BCUT2D eigenvalue weighted by Crippen LogP contribution is 2.02. The molecule has 15 heavy (non-hydrogen) atoms. The minimum absolute atomic E-state index is 0.123. The molecule has 0 saturated carbocycles. The Hall–Kier alpha value is -0.160. The van der Waals surface area contributed by atoms with Crippen LogP contribution in [0.25, 0.3) is 0 Å². The monoisotopic (exact) mass is 219 g/mol. The number of rotatable bonds is 10. The van der Waals surface area contributed by atoms with Crippen LogP contribution in [0, 0.1) is 0 Å². The van der Waals surface area contributed by atoms with Crippen LogP contribution in [-0.4, -0.2) is 45.8 Å². The summed E-state index contributed by atoms with van der Waals surface area (Å²) in [5.41, 5.74) is 0. The maximum atomic E-state index is 5.58. The lowest BCUT2D eigenvalue weighted by atomic mass is 10.4. The van der Waals surface area contributed by atoms with E-state index < -0.39 is 0 Å². The van der Waals surface area contributed by atoms with E-state index in [1.165, 1.54) is 0 Å². The molecular weight excluding hydrogens is 194 g/mol. The molecule has 0 fully saturated rings. The predicted octanol–water partition coefficient (Wildman–Crippen LogP) is 1.40. The Morgan fingerprint density at radius 3 is 2.13 bits per heavy atom. The van der Waals surface area contributed by atoms with E-state index in [0.29, 0.717) is 19.8 Å². The number of ether oxygens (including phenoxy) is 3. The van der Waals surface area contributed by atoms with Crippen molar-refractivity contribution in [2.24, 2.45) is 0 Å². The molecule has 1 unspecified atom stereocenters. The van der Waals surface area contributed by atoms with Gasteiger partial charge < -0.3 is 19.5 Å². The Bertz CT molecular complexity index is 127. The minimum atomic E-state index is -0.123.